The summed E-state index contributed by atoms with van der Waals surface area (Å²) in [4.78, 5) is 9.54. The average Bonchev–Trinajstić information content (AvgIpc) is 3.84. The van der Waals surface area contributed by atoms with Crippen molar-refractivity contribution >= 4 is 66.5 Å². The summed E-state index contributed by atoms with van der Waals surface area (Å²) in [6.07, 6.45) is 1.91. The minimum atomic E-state index is -0.00763. The van der Waals surface area contributed by atoms with Crippen molar-refractivity contribution < 1.29 is 9.15 Å². The number of para-hydroxylation sites is 5. The zero-order valence-corrected chi connectivity index (χ0v) is 29.2. The topological polar surface area (TPSA) is 46.7 Å². The second-order valence-corrected chi connectivity index (χ2v) is 14.5. The lowest BCUT2D eigenvalue weighted by Crippen LogP contribution is -2.24. The zero-order valence-electron chi connectivity index (χ0n) is 29.2. The van der Waals surface area contributed by atoms with Crippen LogP contribution in [-0.4, -0.2) is 16.2 Å². The van der Waals surface area contributed by atoms with Gasteiger partial charge in [-0.2, -0.15) is 0 Å². The molecule has 6 aromatic carbocycles. The molecule has 0 amide bonds. The van der Waals surface area contributed by atoms with Crippen molar-refractivity contribution in [2.45, 2.75) is 26.2 Å². The molecule has 10 rings (SSSR count). The van der Waals surface area contributed by atoms with Crippen LogP contribution < -0.4 is 14.5 Å². The van der Waals surface area contributed by atoms with Crippen LogP contribution in [0, 0.1) is 0 Å². The Kier molecular flexibility index (Phi) is 6.70. The fourth-order valence-corrected chi connectivity index (χ4v) is 7.70. The summed E-state index contributed by atoms with van der Waals surface area (Å²) in [5, 5.41) is 4.39. The first kappa shape index (κ1) is 30.3. The van der Waals surface area contributed by atoms with Crippen LogP contribution in [0.25, 0.3) is 49.6 Å². The van der Waals surface area contributed by atoms with Crippen molar-refractivity contribution in [1.82, 2.24) is 9.55 Å². The number of anilines is 4. The molecule has 6 nitrogen and oxygen atoms in total. The molecule has 0 saturated carbocycles. The third-order valence-corrected chi connectivity index (χ3v) is 10.3. The summed E-state index contributed by atoms with van der Waals surface area (Å²) < 4.78 is 15.7. The van der Waals surface area contributed by atoms with E-state index in [1.807, 2.05) is 18.3 Å². The highest BCUT2D eigenvalue weighted by Gasteiger charge is 2.30. The van der Waals surface area contributed by atoms with E-state index in [0.717, 1.165) is 78.4 Å². The summed E-state index contributed by atoms with van der Waals surface area (Å²) in [7, 11) is 0. The van der Waals surface area contributed by atoms with Gasteiger partial charge in [-0.1, -0.05) is 87.5 Å². The van der Waals surface area contributed by atoms with E-state index in [2.05, 4.69) is 169 Å². The fourth-order valence-electron chi connectivity index (χ4n) is 7.70. The largest absolute Gasteiger partial charge is 0.457 e. The summed E-state index contributed by atoms with van der Waals surface area (Å²) in [6, 6.07) is 50.7. The third-order valence-electron chi connectivity index (χ3n) is 10.3. The van der Waals surface area contributed by atoms with Gasteiger partial charge >= 0.3 is 0 Å². The smallest absolute Gasteiger partial charge is 0.159 e. The third kappa shape index (κ3) is 4.83. The molecule has 252 valence electrons. The van der Waals surface area contributed by atoms with Crippen LogP contribution >= 0.6 is 0 Å². The summed E-state index contributed by atoms with van der Waals surface area (Å²) in [5.74, 6) is 2.37. The number of benzene rings is 6. The molecule has 0 atom stereocenters. The fraction of sp³-hybridized carbons (Fsp3) is 0.109. The lowest BCUT2D eigenvalue weighted by Gasteiger charge is -2.22. The molecule has 0 spiro atoms. The van der Waals surface area contributed by atoms with Crippen LogP contribution in [0.1, 0.15) is 26.3 Å². The number of nitrogens with zero attached hydrogens (tertiary/aromatic N) is 4. The van der Waals surface area contributed by atoms with E-state index in [9.17, 15) is 0 Å². The molecule has 0 bridgehead atoms. The monoisotopic (exact) mass is 676 g/mol. The van der Waals surface area contributed by atoms with Gasteiger partial charge in [0.25, 0.3) is 0 Å². The minimum Gasteiger partial charge on any atom is -0.457 e. The van der Waals surface area contributed by atoms with Crippen LogP contribution in [0.5, 0.6) is 11.5 Å². The van der Waals surface area contributed by atoms with Gasteiger partial charge in [-0.15, -0.1) is 0 Å². The van der Waals surface area contributed by atoms with Crippen LogP contribution in [0.4, 0.5) is 22.7 Å². The molecule has 1 aliphatic heterocycles. The van der Waals surface area contributed by atoms with Gasteiger partial charge in [-0.05, 0) is 77.7 Å². The highest BCUT2D eigenvalue weighted by molar-refractivity contribution is 6.11. The van der Waals surface area contributed by atoms with Crippen molar-refractivity contribution in [3.05, 3.63) is 157 Å². The maximum Gasteiger partial charge on any atom is 0.159 e. The van der Waals surface area contributed by atoms with Crippen LogP contribution in [0.15, 0.2) is 156 Å². The summed E-state index contributed by atoms with van der Waals surface area (Å²) >= 11 is 0. The predicted octanol–water partition coefficient (Wildman–Crippen LogP) is 12.4. The molecule has 6 heteroatoms. The zero-order chi connectivity index (χ0) is 35.0. The predicted molar refractivity (Wildman–Crippen MR) is 213 cm³/mol. The van der Waals surface area contributed by atoms with E-state index in [4.69, 9.17) is 14.1 Å². The molecule has 0 aliphatic carbocycles. The van der Waals surface area contributed by atoms with Gasteiger partial charge in [0.15, 0.2) is 5.58 Å². The van der Waals surface area contributed by atoms with Gasteiger partial charge in [-0.3, -0.25) is 4.57 Å². The minimum absolute atomic E-state index is 0.00763. The van der Waals surface area contributed by atoms with Gasteiger partial charge < -0.3 is 19.0 Å². The molecule has 3 aromatic heterocycles. The molecule has 0 unspecified atom stereocenters. The van der Waals surface area contributed by atoms with Gasteiger partial charge in [0.05, 0.1) is 28.1 Å². The standard InChI is InChI=1S/C46H36N4O2/c1-46(2,3)30-23-24-47-44(25-30)50-38-17-9-7-15-34(38)35-22-21-32(27-41(35)50)51-33-26-37-36-16-8-12-20-43(36)52-45(37)42(28-33)49-29-48(31-13-5-4-6-14-31)39-18-10-11-19-40(39)49/h4-28H,29H2,1-3H3. The van der Waals surface area contributed by atoms with Gasteiger partial charge in [0, 0.05) is 45.6 Å². The number of hydrogen-bond acceptors (Lipinski definition) is 5. The highest BCUT2D eigenvalue weighted by atomic mass is 16.5. The van der Waals surface area contributed by atoms with Crippen molar-refractivity contribution in [2.24, 2.45) is 0 Å². The normalized spacial score (nSPS) is 13.1. The SMILES string of the molecule is CC(C)(C)c1ccnc(-n2c3ccccc3c3ccc(Oc4cc(N5CN(c6ccccc6)c6ccccc65)c5oc6ccccc6c5c4)cc32)c1. The van der Waals surface area contributed by atoms with Crippen molar-refractivity contribution in [3.8, 4) is 17.3 Å². The quantitative estimate of drug-likeness (QED) is 0.182. The molecular formula is C46H36N4O2. The Morgan fingerprint density at radius 2 is 1.29 bits per heavy atom. The number of aromatic nitrogens is 2. The van der Waals surface area contributed by atoms with E-state index in [1.54, 1.807) is 0 Å². The maximum atomic E-state index is 6.86. The van der Waals surface area contributed by atoms with E-state index in [-0.39, 0.29) is 5.41 Å². The Bertz CT molecular complexity index is 2810. The molecule has 0 radical (unpaired) electrons. The van der Waals surface area contributed by atoms with Crippen molar-refractivity contribution in [3.63, 3.8) is 0 Å². The Balaban J connectivity index is 1.13. The van der Waals surface area contributed by atoms with Crippen molar-refractivity contribution in [2.75, 3.05) is 16.5 Å². The number of ether oxygens (including phenoxy) is 1. The number of rotatable bonds is 5. The second-order valence-electron chi connectivity index (χ2n) is 14.5. The number of furan rings is 1. The molecule has 0 fully saturated rings. The average molecular weight is 677 g/mol. The Morgan fingerprint density at radius 3 is 2.12 bits per heavy atom. The van der Waals surface area contributed by atoms with E-state index in [1.165, 1.54) is 10.9 Å². The maximum absolute atomic E-state index is 6.86. The Morgan fingerprint density at radius 1 is 0.577 bits per heavy atom. The van der Waals surface area contributed by atoms with Crippen LogP contribution in [0.3, 0.4) is 0 Å². The summed E-state index contributed by atoms with van der Waals surface area (Å²) in [5.41, 5.74) is 9.40. The molecular weight excluding hydrogens is 641 g/mol. The molecule has 0 saturated heterocycles. The number of fused-ring (bicyclic) bond motifs is 7. The van der Waals surface area contributed by atoms with E-state index in [0.29, 0.717) is 6.67 Å². The number of pyridine rings is 1. The first-order chi connectivity index (χ1) is 25.4. The van der Waals surface area contributed by atoms with Gasteiger partial charge in [-0.25, -0.2) is 4.98 Å². The molecule has 0 N–H and O–H groups in total. The van der Waals surface area contributed by atoms with E-state index >= 15 is 0 Å². The Hall–Kier alpha value is -6.53. The van der Waals surface area contributed by atoms with Crippen LogP contribution in [0.2, 0.25) is 0 Å². The first-order valence-electron chi connectivity index (χ1n) is 17.7. The molecule has 52 heavy (non-hydrogen) atoms. The Labute approximate surface area is 301 Å². The van der Waals surface area contributed by atoms with E-state index < -0.39 is 0 Å². The first-order valence-corrected chi connectivity index (χ1v) is 17.7. The summed E-state index contributed by atoms with van der Waals surface area (Å²) in [6.45, 7) is 7.33. The van der Waals surface area contributed by atoms with Crippen LogP contribution in [-0.2, 0) is 5.41 Å². The van der Waals surface area contributed by atoms with Crippen molar-refractivity contribution in [1.29, 1.82) is 0 Å². The number of hydrogen-bond donors (Lipinski definition) is 0. The lowest BCUT2D eigenvalue weighted by atomic mass is 9.88. The molecule has 4 heterocycles. The molecule has 9 aromatic rings. The highest BCUT2D eigenvalue weighted by Crippen LogP contribution is 2.48. The second kappa shape index (κ2) is 11.5. The van der Waals surface area contributed by atoms with Gasteiger partial charge in [0.1, 0.15) is 29.6 Å². The molecule has 1 aliphatic rings. The van der Waals surface area contributed by atoms with Gasteiger partial charge in [0.2, 0.25) is 0 Å². The lowest BCUT2D eigenvalue weighted by molar-refractivity contribution is 0.484.